The lowest BCUT2D eigenvalue weighted by molar-refractivity contribution is 0.548. The monoisotopic (exact) mass is 230 g/mol. The van der Waals surface area contributed by atoms with Gasteiger partial charge in [-0.1, -0.05) is 90.9 Å². The van der Waals surface area contributed by atoms with E-state index < -0.39 is 0 Å². The highest BCUT2D eigenvalue weighted by atomic mass is 15.0. The van der Waals surface area contributed by atoms with Crippen molar-refractivity contribution in [2.24, 2.45) is 11.7 Å². The molecule has 0 aromatic heterocycles. The maximum atomic E-state index is 4.00. The van der Waals surface area contributed by atoms with Gasteiger partial charge in [-0.05, 0) is 0 Å². The average Bonchev–Trinajstić information content (AvgIpc) is 2.34. The highest BCUT2D eigenvalue weighted by Crippen LogP contribution is 2.11. The van der Waals surface area contributed by atoms with Crippen LogP contribution in [0, 0.1) is 0 Å². The molecule has 2 nitrogen and oxygen atoms in total. The molecule has 0 rings (SSSR count). The minimum Gasteiger partial charge on any atom is -0.274 e. The molecule has 0 radical (unpaired) electrons. The van der Waals surface area contributed by atoms with Crippen LogP contribution in [0.5, 0.6) is 0 Å². The normalized spacial score (nSPS) is 9.75. The van der Waals surface area contributed by atoms with Crippen molar-refractivity contribution in [3.63, 3.8) is 0 Å². The summed E-state index contributed by atoms with van der Waals surface area (Å²) in [5.41, 5.74) is 0. The Bertz CT molecular complexity index is 82.7. The van der Waals surface area contributed by atoms with Crippen molar-refractivity contribution in [3.8, 4) is 0 Å². The van der Waals surface area contributed by atoms with Gasteiger partial charge in [0.15, 0.2) is 0 Å². The summed E-state index contributed by atoms with van der Waals surface area (Å²) < 4.78 is 0. The Morgan fingerprint density at radius 3 is 0.812 bits per heavy atom. The molecule has 0 aliphatic heterocycles. The first kappa shape index (κ1) is 18.3. The van der Waals surface area contributed by atoms with Gasteiger partial charge >= 0.3 is 0 Å². The van der Waals surface area contributed by atoms with E-state index in [0.29, 0.717) is 0 Å². The molecule has 0 aliphatic rings. The van der Waals surface area contributed by atoms with Gasteiger partial charge in [-0.3, -0.25) is 11.7 Å². The first-order chi connectivity index (χ1) is 7.91. The van der Waals surface area contributed by atoms with E-state index in [2.05, 4.69) is 25.5 Å². The van der Waals surface area contributed by atoms with Crippen LogP contribution < -0.4 is 11.7 Å². The van der Waals surface area contributed by atoms with Crippen LogP contribution in [0.15, 0.2) is 0 Å². The standard InChI is InChI=1S/C14H30.H4N2/c1-3-5-7-9-11-13-14-12-10-8-6-4-2;1-2/h3-14H2,1-2H3;1-2H2. The second-order valence-electron chi connectivity index (χ2n) is 4.54. The lowest BCUT2D eigenvalue weighted by Crippen LogP contribution is -2.02. The van der Waals surface area contributed by atoms with Crippen LogP contribution in [-0.2, 0) is 0 Å². The molecule has 0 aliphatic carbocycles. The number of hydrazine groups is 1. The van der Waals surface area contributed by atoms with Crippen molar-refractivity contribution in [2.45, 2.75) is 90.9 Å². The summed E-state index contributed by atoms with van der Waals surface area (Å²) >= 11 is 0. The molecule has 0 amide bonds. The molecule has 0 aromatic carbocycles. The van der Waals surface area contributed by atoms with Crippen molar-refractivity contribution in [3.05, 3.63) is 0 Å². The van der Waals surface area contributed by atoms with Crippen LogP contribution in [0.4, 0.5) is 0 Å². The predicted octanol–water partition coefficient (Wildman–Crippen LogP) is 4.53. The first-order valence-corrected chi connectivity index (χ1v) is 7.25. The summed E-state index contributed by atoms with van der Waals surface area (Å²) in [4.78, 5) is 0. The average molecular weight is 230 g/mol. The van der Waals surface area contributed by atoms with Crippen LogP contribution in [0.2, 0.25) is 0 Å². The van der Waals surface area contributed by atoms with Gasteiger partial charge in [0, 0.05) is 0 Å². The molecule has 0 aromatic rings. The third-order valence-electron chi connectivity index (χ3n) is 2.96. The number of rotatable bonds is 11. The van der Waals surface area contributed by atoms with E-state index in [0.717, 1.165) is 0 Å². The summed E-state index contributed by atoms with van der Waals surface area (Å²) in [7, 11) is 0. The summed E-state index contributed by atoms with van der Waals surface area (Å²) in [6.07, 6.45) is 17.4. The Morgan fingerprint density at radius 1 is 0.438 bits per heavy atom. The van der Waals surface area contributed by atoms with E-state index >= 15 is 0 Å². The fourth-order valence-corrected chi connectivity index (χ4v) is 1.91. The Morgan fingerprint density at radius 2 is 0.625 bits per heavy atom. The lowest BCUT2D eigenvalue weighted by Gasteiger charge is -2.01. The minimum absolute atomic E-state index is 1.37. The summed E-state index contributed by atoms with van der Waals surface area (Å²) in [5.74, 6) is 8.00. The molecule has 0 spiro atoms. The lowest BCUT2D eigenvalue weighted by atomic mass is 10.1. The Kier molecular flexibility index (Phi) is 23.3. The third kappa shape index (κ3) is 19.5. The molecule has 0 unspecified atom stereocenters. The molecule has 0 atom stereocenters. The summed E-state index contributed by atoms with van der Waals surface area (Å²) in [6.45, 7) is 4.57. The molecule has 0 bridgehead atoms. The van der Waals surface area contributed by atoms with Crippen LogP contribution in [-0.4, -0.2) is 0 Å². The zero-order valence-electron chi connectivity index (χ0n) is 11.6. The second kappa shape index (κ2) is 20.3. The second-order valence-corrected chi connectivity index (χ2v) is 4.54. The van der Waals surface area contributed by atoms with E-state index in [1.165, 1.54) is 77.0 Å². The maximum Gasteiger partial charge on any atom is -0.0533 e. The Labute approximate surface area is 103 Å². The van der Waals surface area contributed by atoms with Gasteiger partial charge in [0.05, 0.1) is 0 Å². The SMILES string of the molecule is CCCCCCCCCCCCCC.NN. The molecular weight excluding hydrogens is 196 g/mol. The van der Waals surface area contributed by atoms with Gasteiger partial charge in [-0.25, -0.2) is 0 Å². The van der Waals surface area contributed by atoms with Crippen molar-refractivity contribution >= 4 is 0 Å². The van der Waals surface area contributed by atoms with E-state index in [4.69, 9.17) is 0 Å². The number of hydrogen-bond acceptors (Lipinski definition) is 2. The molecule has 4 N–H and O–H groups in total. The largest absolute Gasteiger partial charge is 0.274 e. The van der Waals surface area contributed by atoms with Crippen LogP contribution >= 0.6 is 0 Å². The van der Waals surface area contributed by atoms with Crippen LogP contribution in [0.1, 0.15) is 90.9 Å². The highest BCUT2D eigenvalue weighted by Gasteiger charge is 1.91. The summed E-state index contributed by atoms with van der Waals surface area (Å²) in [6, 6.07) is 0. The molecular formula is C14H34N2. The number of nitrogens with two attached hydrogens (primary N) is 2. The van der Waals surface area contributed by atoms with E-state index in [9.17, 15) is 0 Å². The molecule has 2 heteroatoms. The van der Waals surface area contributed by atoms with Crippen LogP contribution in [0.3, 0.4) is 0 Å². The smallest absolute Gasteiger partial charge is 0.0533 e. The predicted molar refractivity (Wildman–Crippen MR) is 75.1 cm³/mol. The fraction of sp³-hybridized carbons (Fsp3) is 1.00. The highest BCUT2D eigenvalue weighted by molar-refractivity contribution is 4.47. The topological polar surface area (TPSA) is 52.0 Å². The van der Waals surface area contributed by atoms with Gasteiger partial charge < -0.3 is 0 Å². The van der Waals surface area contributed by atoms with Crippen molar-refractivity contribution in [2.75, 3.05) is 0 Å². The number of hydrogen-bond donors (Lipinski definition) is 2. The number of unbranched alkanes of at least 4 members (excludes halogenated alkanes) is 11. The van der Waals surface area contributed by atoms with Gasteiger partial charge in [0.2, 0.25) is 0 Å². The van der Waals surface area contributed by atoms with Gasteiger partial charge in [-0.15, -0.1) is 0 Å². The zero-order chi connectivity index (χ0) is 12.5. The summed E-state index contributed by atoms with van der Waals surface area (Å²) in [5, 5.41) is 0. The molecule has 0 saturated carbocycles. The Balaban J connectivity index is 0. The van der Waals surface area contributed by atoms with Crippen molar-refractivity contribution in [1.82, 2.24) is 0 Å². The van der Waals surface area contributed by atoms with Crippen molar-refractivity contribution in [1.29, 1.82) is 0 Å². The minimum atomic E-state index is 1.37. The van der Waals surface area contributed by atoms with E-state index in [1.54, 1.807) is 0 Å². The van der Waals surface area contributed by atoms with E-state index in [-0.39, 0.29) is 0 Å². The molecule has 16 heavy (non-hydrogen) atoms. The molecule has 0 saturated heterocycles. The fourth-order valence-electron chi connectivity index (χ4n) is 1.91. The molecule has 0 heterocycles. The maximum absolute atomic E-state index is 4.00. The van der Waals surface area contributed by atoms with Crippen molar-refractivity contribution < 1.29 is 0 Å². The molecule has 100 valence electrons. The Hall–Kier alpha value is -0.0800. The quantitative estimate of drug-likeness (QED) is 0.311. The third-order valence-corrected chi connectivity index (χ3v) is 2.96. The van der Waals surface area contributed by atoms with Gasteiger partial charge in [0.25, 0.3) is 0 Å². The van der Waals surface area contributed by atoms with Gasteiger partial charge in [0.1, 0.15) is 0 Å². The van der Waals surface area contributed by atoms with E-state index in [1.807, 2.05) is 0 Å². The van der Waals surface area contributed by atoms with Gasteiger partial charge in [-0.2, -0.15) is 0 Å². The zero-order valence-corrected chi connectivity index (χ0v) is 11.6. The first-order valence-electron chi connectivity index (χ1n) is 7.25. The molecule has 0 fully saturated rings. The van der Waals surface area contributed by atoms with Crippen LogP contribution in [0.25, 0.3) is 0 Å².